The number of aromatic nitrogens is 2. The smallest absolute Gasteiger partial charge is 0.274 e. The number of hydrogen-bond acceptors (Lipinski definition) is 6. The molecule has 0 bridgehead atoms. The first kappa shape index (κ1) is 19.8. The number of methoxy groups -OCH3 is 1. The molecule has 1 aliphatic heterocycles. The third kappa shape index (κ3) is 4.15. The van der Waals surface area contributed by atoms with Crippen molar-refractivity contribution in [3.05, 3.63) is 62.8 Å². The zero-order valence-electron chi connectivity index (χ0n) is 15.5. The van der Waals surface area contributed by atoms with Crippen LogP contribution in [0.25, 0.3) is 0 Å². The lowest BCUT2D eigenvalue weighted by atomic mass is 10.2. The predicted octanol–water partition coefficient (Wildman–Crippen LogP) is 0.454. The SMILES string of the molecule is COCCN1CN(C)n2cc(C(=O)NCc3cc(Cl)ccn3)c(=O)cc2C1=O. The summed E-state index contributed by atoms with van der Waals surface area (Å²) in [6.45, 7) is 1.23. The molecule has 0 unspecified atom stereocenters. The summed E-state index contributed by atoms with van der Waals surface area (Å²) in [5.74, 6) is -0.841. The van der Waals surface area contributed by atoms with Crippen LogP contribution in [0.3, 0.4) is 0 Å². The van der Waals surface area contributed by atoms with Crippen LogP contribution in [0.5, 0.6) is 0 Å². The van der Waals surface area contributed by atoms with Gasteiger partial charge in [0.15, 0.2) is 5.43 Å². The van der Waals surface area contributed by atoms with Gasteiger partial charge in [0.1, 0.15) is 17.9 Å². The van der Waals surface area contributed by atoms with Crippen molar-refractivity contribution in [2.45, 2.75) is 6.54 Å². The van der Waals surface area contributed by atoms with E-state index >= 15 is 0 Å². The van der Waals surface area contributed by atoms with Crippen LogP contribution in [0, 0.1) is 0 Å². The van der Waals surface area contributed by atoms with Crippen molar-refractivity contribution < 1.29 is 14.3 Å². The molecular formula is C18H20ClN5O4. The molecule has 148 valence electrons. The van der Waals surface area contributed by atoms with Gasteiger partial charge in [0.2, 0.25) is 0 Å². The number of nitrogens with one attached hydrogen (secondary N) is 1. The number of pyridine rings is 2. The number of amides is 2. The number of ether oxygens (including phenoxy) is 1. The molecule has 9 nitrogen and oxygen atoms in total. The average Bonchev–Trinajstić information content (AvgIpc) is 2.67. The Morgan fingerprint density at radius 1 is 1.36 bits per heavy atom. The van der Waals surface area contributed by atoms with Gasteiger partial charge < -0.3 is 15.0 Å². The van der Waals surface area contributed by atoms with E-state index in [0.29, 0.717) is 30.5 Å². The first-order valence-electron chi connectivity index (χ1n) is 8.55. The van der Waals surface area contributed by atoms with Gasteiger partial charge in [0.05, 0.1) is 18.8 Å². The van der Waals surface area contributed by atoms with Crippen molar-refractivity contribution in [3.63, 3.8) is 0 Å². The summed E-state index contributed by atoms with van der Waals surface area (Å²) < 4.78 is 6.53. The monoisotopic (exact) mass is 405 g/mol. The van der Waals surface area contributed by atoms with E-state index in [-0.39, 0.29) is 23.7 Å². The second-order valence-electron chi connectivity index (χ2n) is 6.29. The summed E-state index contributed by atoms with van der Waals surface area (Å²) in [7, 11) is 3.32. The molecule has 1 N–H and O–H groups in total. The van der Waals surface area contributed by atoms with Crippen LogP contribution in [0.4, 0.5) is 0 Å². The summed E-state index contributed by atoms with van der Waals surface area (Å²) in [6, 6.07) is 4.44. The fourth-order valence-corrected chi connectivity index (χ4v) is 3.05. The van der Waals surface area contributed by atoms with Crippen LogP contribution >= 0.6 is 11.6 Å². The van der Waals surface area contributed by atoms with Crippen LogP contribution in [0.2, 0.25) is 5.02 Å². The van der Waals surface area contributed by atoms with Gasteiger partial charge in [0, 0.05) is 44.2 Å². The molecule has 3 heterocycles. The third-order valence-corrected chi connectivity index (χ3v) is 4.53. The Hall–Kier alpha value is -2.91. The van der Waals surface area contributed by atoms with Crippen LogP contribution in [-0.4, -0.2) is 60.4 Å². The highest BCUT2D eigenvalue weighted by Gasteiger charge is 2.28. The van der Waals surface area contributed by atoms with Gasteiger partial charge in [-0.3, -0.25) is 29.1 Å². The number of carbonyl (C=O) groups excluding carboxylic acids is 2. The van der Waals surface area contributed by atoms with E-state index in [9.17, 15) is 14.4 Å². The van der Waals surface area contributed by atoms with Crippen molar-refractivity contribution >= 4 is 23.4 Å². The second kappa shape index (κ2) is 8.41. The minimum absolute atomic E-state index is 0.0595. The molecular weight excluding hydrogens is 386 g/mol. The van der Waals surface area contributed by atoms with Crippen LogP contribution in [0.15, 0.2) is 35.4 Å². The lowest BCUT2D eigenvalue weighted by Crippen LogP contribution is -2.53. The molecule has 2 amide bonds. The Balaban J connectivity index is 1.81. The Morgan fingerprint density at radius 3 is 2.86 bits per heavy atom. The van der Waals surface area contributed by atoms with Crippen molar-refractivity contribution in [2.24, 2.45) is 0 Å². The Morgan fingerprint density at radius 2 is 2.14 bits per heavy atom. The maximum atomic E-state index is 12.6. The standard InChI is InChI=1S/C18H20ClN5O4/c1-22-11-23(5-6-28-2)18(27)15-8-16(25)14(10-24(15)22)17(26)21-9-13-7-12(19)3-4-20-13/h3-4,7-8,10H,5-6,9,11H2,1-2H3,(H,21,26). The molecule has 28 heavy (non-hydrogen) atoms. The number of fused-ring (bicyclic) bond motifs is 1. The number of nitrogens with zero attached hydrogens (tertiary/aromatic N) is 4. The first-order chi connectivity index (χ1) is 13.4. The maximum Gasteiger partial charge on any atom is 0.274 e. The van der Waals surface area contributed by atoms with Crippen molar-refractivity contribution in [2.75, 3.05) is 39.0 Å². The third-order valence-electron chi connectivity index (χ3n) is 4.30. The summed E-state index contributed by atoms with van der Waals surface area (Å²) >= 11 is 5.90. The summed E-state index contributed by atoms with van der Waals surface area (Å²) in [4.78, 5) is 43.2. The fourth-order valence-electron chi connectivity index (χ4n) is 2.86. The van der Waals surface area contributed by atoms with E-state index in [2.05, 4.69) is 10.3 Å². The Kier molecular flexibility index (Phi) is 5.96. The summed E-state index contributed by atoms with van der Waals surface area (Å²) in [6.07, 6.45) is 2.91. The lowest BCUT2D eigenvalue weighted by molar-refractivity contribution is 0.0634. The van der Waals surface area contributed by atoms with Crippen molar-refractivity contribution in [3.8, 4) is 0 Å². The summed E-state index contributed by atoms with van der Waals surface area (Å²) in [5, 5.41) is 4.89. The topological polar surface area (TPSA) is 96.8 Å². The molecule has 0 aromatic carbocycles. The van der Waals surface area contributed by atoms with Gasteiger partial charge in [-0.15, -0.1) is 0 Å². The molecule has 0 radical (unpaired) electrons. The Labute approximate surface area is 166 Å². The quantitative estimate of drug-likeness (QED) is 0.749. The number of hydrogen-bond donors (Lipinski definition) is 1. The molecule has 1 aliphatic rings. The van der Waals surface area contributed by atoms with Crippen LogP contribution in [-0.2, 0) is 11.3 Å². The second-order valence-corrected chi connectivity index (χ2v) is 6.73. The average molecular weight is 406 g/mol. The summed E-state index contributed by atoms with van der Waals surface area (Å²) in [5.41, 5.74) is 0.178. The molecule has 0 saturated heterocycles. The van der Waals surface area contributed by atoms with Crippen LogP contribution in [0.1, 0.15) is 26.5 Å². The number of halogens is 1. The molecule has 2 aromatic heterocycles. The largest absolute Gasteiger partial charge is 0.383 e. The highest BCUT2D eigenvalue weighted by molar-refractivity contribution is 6.30. The highest BCUT2D eigenvalue weighted by atomic mass is 35.5. The van der Waals surface area contributed by atoms with E-state index in [1.165, 1.54) is 23.1 Å². The molecule has 0 fully saturated rings. The van der Waals surface area contributed by atoms with Gasteiger partial charge in [-0.25, -0.2) is 0 Å². The maximum absolute atomic E-state index is 12.6. The van der Waals surface area contributed by atoms with Crippen molar-refractivity contribution in [1.82, 2.24) is 19.9 Å². The van der Waals surface area contributed by atoms with E-state index < -0.39 is 11.3 Å². The normalized spacial score (nSPS) is 13.5. The zero-order chi connectivity index (χ0) is 20.3. The molecule has 0 spiro atoms. The Bertz CT molecular complexity index is 961. The number of carbonyl (C=O) groups is 2. The zero-order valence-corrected chi connectivity index (χ0v) is 16.3. The predicted molar refractivity (Wildman–Crippen MR) is 103 cm³/mol. The van der Waals surface area contributed by atoms with Gasteiger partial charge in [-0.1, -0.05) is 11.6 Å². The lowest BCUT2D eigenvalue weighted by Gasteiger charge is -2.37. The van der Waals surface area contributed by atoms with Gasteiger partial charge in [-0.2, -0.15) is 0 Å². The van der Waals surface area contributed by atoms with Gasteiger partial charge >= 0.3 is 0 Å². The molecule has 10 heteroatoms. The minimum atomic E-state index is -0.551. The van der Waals surface area contributed by atoms with E-state index in [1.807, 2.05) is 0 Å². The molecule has 3 rings (SSSR count). The first-order valence-corrected chi connectivity index (χ1v) is 8.93. The van der Waals surface area contributed by atoms with Gasteiger partial charge in [0.25, 0.3) is 11.8 Å². The molecule has 0 atom stereocenters. The van der Waals surface area contributed by atoms with Crippen molar-refractivity contribution in [1.29, 1.82) is 0 Å². The minimum Gasteiger partial charge on any atom is -0.383 e. The van der Waals surface area contributed by atoms with E-state index in [0.717, 1.165) is 0 Å². The molecule has 0 saturated carbocycles. The number of rotatable bonds is 6. The molecule has 2 aromatic rings. The van der Waals surface area contributed by atoms with E-state index in [1.54, 1.807) is 36.2 Å². The van der Waals surface area contributed by atoms with Crippen LogP contribution < -0.4 is 15.8 Å². The highest BCUT2D eigenvalue weighted by Crippen LogP contribution is 2.12. The molecule has 0 aliphatic carbocycles. The van der Waals surface area contributed by atoms with Gasteiger partial charge in [-0.05, 0) is 12.1 Å². The fraction of sp³-hybridized carbons (Fsp3) is 0.333. The van der Waals surface area contributed by atoms with E-state index in [4.69, 9.17) is 16.3 Å².